The molecular weight excluding hydrogens is 271 g/mol. The van der Waals surface area contributed by atoms with Crippen LogP contribution in [-0.2, 0) is 6.61 Å². The van der Waals surface area contributed by atoms with E-state index in [1.54, 1.807) is 18.2 Å². The molecule has 5 heteroatoms. The first-order chi connectivity index (χ1) is 10.1. The third-order valence-corrected chi connectivity index (χ3v) is 2.81. The third kappa shape index (κ3) is 4.21. The Morgan fingerprint density at radius 3 is 2.29 bits per heavy atom. The van der Waals surface area contributed by atoms with Crippen molar-refractivity contribution < 1.29 is 13.9 Å². The first kappa shape index (κ1) is 14.8. The molecule has 0 aliphatic heterocycles. The molecule has 0 saturated carbocycles. The fourth-order valence-electron chi connectivity index (χ4n) is 1.85. The van der Waals surface area contributed by atoms with Gasteiger partial charge in [0.15, 0.2) is 0 Å². The van der Waals surface area contributed by atoms with Crippen LogP contribution in [-0.4, -0.2) is 12.4 Å². The van der Waals surface area contributed by atoms with Crippen LogP contribution in [0, 0.1) is 11.2 Å². The number of halogens is 1. The molecule has 2 aromatic rings. The van der Waals surface area contributed by atoms with E-state index >= 15 is 0 Å². The molecule has 2 rings (SSSR count). The second-order valence-corrected chi connectivity index (χ2v) is 4.45. The van der Waals surface area contributed by atoms with E-state index in [0.29, 0.717) is 23.5 Å². The lowest BCUT2D eigenvalue weighted by Crippen LogP contribution is -2.12. The Balaban J connectivity index is 2.04. The molecule has 0 fully saturated rings. The molecule has 0 aliphatic carbocycles. The van der Waals surface area contributed by atoms with Crippen LogP contribution in [0.15, 0.2) is 42.5 Å². The lowest BCUT2D eigenvalue weighted by molar-refractivity contribution is 0.303. The van der Waals surface area contributed by atoms with Crippen LogP contribution in [0.2, 0.25) is 0 Å². The van der Waals surface area contributed by atoms with Crippen LogP contribution in [0.3, 0.4) is 0 Å². The molecule has 2 aromatic carbocycles. The van der Waals surface area contributed by atoms with Crippen LogP contribution < -0.4 is 15.2 Å². The Morgan fingerprint density at radius 1 is 1.10 bits per heavy atom. The number of ether oxygens (including phenoxy) is 2. The van der Waals surface area contributed by atoms with Crippen molar-refractivity contribution in [2.45, 2.75) is 13.5 Å². The van der Waals surface area contributed by atoms with Gasteiger partial charge in [-0.05, 0) is 55.0 Å². The highest BCUT2D eigenvalue weighted by Gasteiger charge is 2.04. The molecule has 110 valence electrons. The summed E-state index contributed by atoms with van der Waals surface area (Å²) in [7, 11) is 0. The van der Waals surface area contributed by atoms with Gasteiger partial charge in [-0.15, -0.1) is 0 Å². The van der Waals surface area contributed by atoms with E-state index in [1.165, 1.54) is 12.1 Å². The zero-order chi connectivity index (χ0) is 15.2. The molecule has 0 bridgehead atoms. The third-order valence-electron chi connectivity index (χ3n) is 2.81. The standard InChI is InChI=1S/C16H17FN2O2/c1-2-20-14-3-5-15(6-4-14)21-10-11-7-12(16(18)19)9-13(17)8-11/h3-9H,2,10H2,1H3,(H3,18,19). The van der Waals surface area contributed by atoms with E-state index in [1.807, 2.05) is 19.1 Å². The number of hydrogen-bond donors (Lipinski definition) is 2. The Labute approximate surface area is 122 Å². The summed E-state index contributed by atoms with van der Waals surface area (Å²) in [5.74, 6) is 0.825. The molecule has 21 heavy (non-hydrogen) atoms. The van der Waals surface area contributed by atoms with Crippen molar-refractivity contribution in [1.82, 2.24) is 0 Å². The van der Waals surface area contributed by atoms with E-state index in [2.05, 4.69) is 0 Å². The quantitative estimate of drug-likeness (QED) is 0.634. The maximum absolute atomic E-state index is 13.4. The normalized spacial score (nSPS) is 10.2. The van der Waals surface area contributed by atoms with E-state index in [4.69, 9.17) is 20.6 Å². The number of hydrogen-bond acceptors (Lipinski definition) is 3. The van der Waals surface area contributed by atoms with Gasteiger partial charge in [0.05, 0.1) is 6.61 Å². The molecule has 0 aromatic heterocycles. The van der Waals surface area contributed by atoms with Gasteiger partial charge >= 0.3 is 0 Å². The maximum Gasteiger partial charge on any atom is 0.124 e. The number of nitrogens with one attached hydrogen (secondary N) is 1. The molecular formula is C16H17FN2O2. The van der Waals surface area contributed by atoms with Gasteiger partial charge in [-0.3, -0.25) is 5.41 Å². The van der Waals surface area contributed by atoms with Crippen LogP contribution >= 0.6 is 0 Å². The van der Waals surface area contributed by atoms with Crippen molar-refractivity contribution in [2.75, 3.05) is 6.61 Å². The largest absolute Gasteiger partial charge is 0.494 e. The minimum Gasteiger partial charge on any atom is -0.494 e. The van der Waals surface area contributed by atoms with Crippen molar-refractivity contribution >= 4 is 5.84 Å². The second kappa shape index (κ2) is 6.74. The lowest BCUT2D eigenvalue weighted by Gasteiger charge is -2.09. The first-order valence-corrected chi connectivity index (χ1v) is 6.58. The monoisotopic (exact) mass is 288 g/mol. The number of amidine groups is 1. The smallest absolute Gasteiger partial charge is 0.124 e. The number of nitrogens with two attached hydrogens (primary N) is 1. The summed E-state index contributed by atoms with van der Waals surface area (Å²) in [4.78, 5) is 0. The van der Waals surface area contributed by atoms with Gasteiger partial charge in [-0.1, -0.05) is 0 Å². The maximum atomic E-state index is 13.4. The van der Waals surface area contributed by atoms with Crippen molar-refractivity contribution in [3.8, 4) is 11.5 Å². The average molecular weight is 288 g/mol. The highest BCUT2D eigenvalue weighted by Crippen LogP contribution is 2.19. The molecule has 0 heterocycles. The molecule has 0 amide bonds. The highest BCUT2D eigenvalue weighted by atomic mass is 19.1. The zero-order valence-electron chi connectivity index (χ0n) is 11.7. The van der Waals surface area contributed by atoms with Gasteiger partial charge in [0, 0.05) is 5.56 Å². The number of nitrogen functional groups attached to an aromatic ring is 1. The van der Waals surface area contributed by atoms with E-state index in [9.17, 15) is 4.39 Å². The van der Waals surface area contributed by atoms with Gasteiger partial charge in [-0.2, -0.15) is 0 Å². The minimum absolute atomic E-state index is 0.170. The molecule has 3 N–H and O–H groups in total. The predicted octanol–water partition coefficient (Wildman–Crippen LogP) is 3.09. The number of rotatable bonds is 6. The summed E-state index contributed by atoms with van der Waals surface area (Å²) in [6, 6.07) is 11.4. The van der Waals surface area contributed by atoms with Gasteiger partial charge in [0.1, 0.15) is 29.8 Å². The minimum atomic E-state index is -0.437. The Kier molecular flexibility index (Phi) is 4.77. The number of benzene rings is 2. The van der Waals surface area contributed by atoms with Gasteiger partial charge in [0.25, 0.3) is 0 Å². The van der Waals surface area contributed by atoms with Gasteiger partial charge in [0.2, 0.25) is 0 Å². The zero-order valence-corrected chi connectivity index (χ0v) is 11.7. The summed E-state index contributed by atoms with van der Waals surface area (Å²) in [6.07, 6.45) is 0. The fourth-order valence-corrected chi connectivity index (χ4v) is 1.85. The average Bonchev–Trinajstić information content (AvgIpc) is 2.46. The Hall–Kier alpha value is -2.56. The van der Waals surface area contributed by atoms with Gasteiger partial charge < -0.3 is 15.2 Å². The fraction of sp³-hybridized carbons (Fsp3) is 0.188. The molecule has 0 aliphatic rings. The predicted molar refractivity (Wildman–Crippen MR) is 79.4 cm³/mol. The second-order valence-electron chi connectivity index (χ2n) is 4.45. The highest BCUT2D eigenvalue weighted by molar-refractivity contribution is 5.95. The van der Waals surface area contributed by atoms with Crippen molar-refractivity contribution in [2.24, 2.45) is 5.73 Å². The van der Waals surface area contributed by atoms with E-state index < -0.39 is 5.82 Å². The molecule has 0 saturated heterocycles. The van der Waals surface area contributed by atoms with Crippen molar-refractivity contribution in [3.05, 3.63) is 59.4 Å². The van der Waals surface area contributed by atoms with Crippen molar-refractivity contribution in [3.63, 3.8) is 0 Å². The molecule has 0 unspecified atom stereocenters. The van der Waals surface area contributed by atoms with Crippen LogP contribution in [0.5, 0.6) is 11.5 Å². The SMILES string of the molecule is CCOc1ccc(OCc2cc(F)cc(C(=N)N)c2)cc1. The van der Waals surface area contributed by atoms with Crippen LogP contribution in [0.25, 0.3) is 0 Å². The topological polar surface area (TPSA) is 68.3 Å². The molecule has 0 radical (unpaired) electrons. The summed E-state index contributed by atoms with van der Waals surface area (Å²) in [5.41, 5.74) is 6.33. The summed E-state index contributed by atoms with van der Waals surface area (Å²) in [5, 5.41) is 7.34. The Bertz CT molecular complexity index is 627. The first-order valence-electron chi connectivity index (χ1n) is 6.58. The lowest BCUT2D eigenvalue weighted by atomic mass is 10.1. The summed E-state index contributed by atoms with van der Waals surface area (Å²) < 4.78 is 24.3. The summed E-state index contributed by atoms with van der Waals surface area (Å²) in [6.45, 7) is 2.73. The Morgan fingerprint density at radius 2 is 1.71 bits per heavy atom. The molecule has 0 atom stereocenters. The van der Waals surface area contributed by atoms with E-state index in [-0.39, 0.29) is 12.4 Å². The van der Waals surface area contributed by atoms with Gasteiger partial charge in [-0.25, -0.2) is 4.39 Å². The van der Waals surface area contributed by atoms with Crippen molar-refractivity contribution in [1.29, 1.82) is 5.41 Å². The molecule has 4 nitrogen and oxygen atoms in total. The summed E-state index contributed by atoms with van der Waals surface area (Å²) >= 11 is 0. The van der Waals surface area contributed by atoms with Crippen LogP contribution in [0.1, 0.15) is 18.1 Å². The molecule has 0 spiro atoms. The van der Waals surface area contributed by atoms with Crippen LogP contribution in [0.4, 0.5) is 4.39 Å². The van der Waals surface area contributed by atoms with E-state index in [0.717, 1.165) is 5.75 Å².